The largest absolute Gasteiger partial charge is 0.466 e. The van der Waals surface area contributed by atoms with Crippen LogP contribution in [0.4, 0.5) is 5.69 Å². The van der Waals surface area contributed by atoms with Crippen LogP contribution in [-0.4, -0.2) is 13.1 Å². The average molecular weight is 254 g/mol. The standard InChI is InChI=1S/C13H16ClNO2/c1-3-4-9(8-13(16)17-2)10-5-6-11(14)12(15)7-10/h5-8H,3-4,15H2,1-2H3/b9-8-. The first kappa shape index (κ1) is 13.6. The van der Waals surface area contributed by atoms with Gasteiger partial charge in [-0.3, -0.25) is 0 Å². The molecule has 0 fully saturated rings. The van der Waals surface area contributed by atoms with Gasteiger partial charge in [-0.1, -0.05) is 31.0 Å². The maximum absolute atomic E-state index is 11.3. The molecule has 0 bridgehead atoms. The molecule has 0 saturated heterocycles. The van der Waals surface area contributed by atoms with E-state index in [4.69, 9.17) is 17.3 Å². The molecule has 1 rings (SSSR count). The van der Waals surface area contributed by atoms with Crippen molar-refractivity contribution in [3.63, 3.8) is 0 Å². The van der Waals surface area contributed by atoms with Gasteiger partial charge >= 0.3 is 5.97 Å². The zero-order valence-electron chi connectivity index (χ0n) is 10.00. The van der Waals surface area contributed by atoms with E-state index in [1.54, 1.807) is 12.1 Å². The fourth-order valence-corrected chi connectivity index (χ4v) is 1.63. The minimum absolute atomic E-state index is 0.359. The van der Waals surface area contributed by atoms with E-state index in [0.29, 0.717) is 10.7 Å². The molecule has 3 nitrogen and oxygen atoms in total. The number of carbonyl (C=O) groups is 1. The molecule has 0 heterocycles. The van der Waals surface area contributed by atoms with E-state index in [0.717, 1.165) is 24.0 Å². The zero-order valence-corrected chi connectivity index (χ0v) is 10.8. The molecule has 0 aliphatic carbocycles. The Bertz CT molecular complexity index is 441. The lowest BCUT2D eigenvalue weighted by Crippen LogP contribution is -1.98. The lowest BCUT2D eigenvalue weighted by atomic mass is 10.0. The summed E-state index contributed by atoms with van der Waals surface area (Å²) in [7, 11) is 1.36. The quantitative estimate of drug-likeness (QED) is 0.509. The third-order valence-electron chi connectivity index (χ3n) is 2.38. The molecule has 4 heteroatoms. The van der Waals surface area contributed by atoms with Gasteiger partial charge in [0.25, 0.3) is 0 Å². The number of esters is 1. The van der Waals surface area contributed by atoms with Crippen molar-refractivity contribution in [1.82, 2.24) is 0 Å². The number of rotatable bonds is 4. The molecule has 0 saturated carbocycles. The molecule has 0 aromatic heterocycles. The number of halogens is 1. The summed E-state index contributed by atoms with van der Waals surface area (Å²) in [5.41, 5.74) is 8.06. The predicted molar refractivity (Wildman–Crippen MR) is 70.8 cm³/mol. The summed E-state index contributed by atoms with van der Waals surface area (Å²) in [5.74, 6) is -0.359. The van der Waals surface area contributed by atoms with E-state index in [2.05, 4.69) is 4.74 Å². The monoisotopic (exact) mass is 253 g/mol. The summed E-state index contributed by atoms with van der Waals surface area (Å²) in [4.78, 5) is 11.3. The number of benzene rings is 1. The van der Waals surface area contributed by atoms with Crippen LogP contribution >= 0.6 is 11.6 Å². The third-order valence-corrected chi connectivity index (χ3v) is 2.72. The van der Waals surface area contributed by atoms with Gasteiger partial charge in [0.05, 0.1) is 17.8 Å². The minimum Gasteiger partial charge on any atom is -0.466 e. The van der Waals surface area contributed by atoms with Gasteiger partial charge in [0.2, 0.25) is 0 Å². The second-order valence-electron chi connectivity index (χ2n) is 3.68. The number of hydrogen-bond donors (Lipinski definition) is 1. The lowest BCUT2D eigenvalue weighted by Gasteiger charge is -2.08. The van der Waals surface area contributed by atoms with Crippen LogP contribution in [0.2, 0.25) is 5.02 Å². The average Bonchev–Trinajstić information content (AvgIpc) is 2.32. The molecule has 0 amide bonds. The molecule has 1 aromatic carbocycles. The Morgan fingerprint density at radius 3 is 2.76 bits per heavy atom. The third kappa shape index (κ3) is 3.79. The van der Waals surface area contributed by atoms with E-state index in [9.17, 15) is 4.79 Å². The molecule has 0 unspecified atom stereocenters. The van der Waals surface area contributed by atoms with Crippen LogP contribution in [0.1, 0.15) is 25.3 Å². The molecule has 0 radical (unpaired) electrons. The summed E-state index contributed by atoms with van der Waals surface area (Å²) in [5, 5.41) is 0.516. The molecule has 0 aliphatic heterocycles. The summed E-state index contributed by atoms with van der Waals surface area (Å²) in [6, 6.07) is 5.35. The van der Waals surface area contributed by atoms with Crippen molar-refractivity contribution in [3.8, 4) is 0 Å². The smallest absolute Gasteiger partial charge is 0.330 e. The van der Waals surface area contributed by atoms with Crippen molar-refractivity contribution in [2.75, 3.05) is 12.8 Å². The van der Waals surface area contributed by atoms with Crippen LogP contribution in [0.5, 0.6) is 0 Å². The zero-order chi connectivity index (χ0) is 12.8. The van der Waals surface area contributed by atoms with Crippen LogP contribution in [0.25, 0.3) is 5.57 Å². The van der Waals surface area contributed by atoms with Crippen molar-refractivity contribution in [3.05, 3.63) is 34.9 Å². The van der Waals surface area contributed by atoms with Gasteiger partial charge < -0.3 is 10.5 Å². The Hall–Kier alpha value is -1.48. The Kier molecular flexibility index (Phi) is 5.04. The van der Waals surface area contributed by atoms with Crippen LogP contribution in [0.15, 0.2) is 24.3 Å². The molecule has 0 atom stereocenters. The Balaban J connectivity index is 3.09. The van der Waals surface area contributed by atoms with Gasteiger partial charge in [-0.15, -0.1) is 0 Å². The number of carbonyl (C=O) groups excluding carboxylic acids is 1. The molecular weight excluding hydrogens is 238 g/mol. The summed E-state index contributed by atoms with van der Waals surface area (Å²) in [6.45, 7) is 2.05. The summed E-state index contributed by atoms with van der Waals surface area (Å²) >= 11 is 5.86. The van der Waals surface area contributed by atoms with Gasteiger partial charge in [-0.05, 0) is 29.7 Å². The van der Waals surface area contributed by atoms with Crippen molar-refractivity contribution in [2.24, 2.45) is 0 Å². The number of hydrogen-bond acceptors (Lipinski definition) is 3. The number of nitrogen functional groups attached to an aromatic ring is 1. The maximum Gasteiger partial charge on any atom is 0.330 e. The highest BCUT2D eigenvalue weighted by Crippen LogP contribution is 2.26. The maximum atomic E-state index is 11.3. The van der Waals surface area contributed by atoms with Gasteiger partial charge in [0.1, 0.15) is 0 Å². The van der Waals surface area contributed by atoms with Crippen molar-refractivity contribution < 1.29 is 9.53 Å². The van der Waals surface area contributed by atoms with Crippen LogP contribution in [-0.2, 0) is 9.53 Å². The molecular formula is C13H16ClNO2. The molecule has 92 valence electrons. The van der Waals surface area contributed by atoms with Crippen LogP contribution in [0.3, 0.4) is 0 Å². The SMILES string of the molecule is CCC/C(=C/C(=O)OC)c1ccc(Cl)c(N)c1. The van der Waals surface area contributed by atoms with Crippen LogP contribution < -0.4 is 5.73 Å². The Morgan fingerprint density at radius 2 is 2.24 bits per heavy atom. The highest BCUT2D eigenvalue weighted by Gasteiger charge is 2.06. The van der Waals surface area contributed by atoms with Crippen LogP contribution in [0, 0.1) is 0 Å². The van der Waals surface area contributed by atoms with Crippen molar-refractivity contribution in [2.45, 2.75) is 19.8 Å². The van der Waals surface area contributed by atoms with Gasteiger partial charge in [-0.25, -0.2) is 4.79 Å². The Morgan fingerprint density at radius 1 is 1.53 bits per heavy atom. The number of methoxy groups -OCH3 is 1. The first-order valence-electron chi connectivity index (χ1n) is 5.42. The predicted octanol–water partition coefficient (Wildman–Crippen LogP) is 3.28. The minimum atomic E-state index is -0.359. The molecule has 2 N–H and O–H groups in total. The number of anilines is 1. The molecule has 0 aliphatic rings. The number of allylic oxidation sites excluding steroid dienone is 1. The molecule has 0 spiro atoms. The molecule has 17 heavy (non-hydrogen) atoms. The van der Waals surface area contributed by atoms with Gasteiger partial charge in [-0.2, -0.15) is 0 Å². The van der Waals surface area contributed by atoms with E-state index >= 15 is 0 Å². The number of nitrogens with two attached hydrogens (primary N) is 1. The second kappa shape index (κ2) is 6.30. The van der Waals surface area contributed by atoms with E-state index < -0.39 is 0 Å². The van der Waals surface area contributed by atoms with E-state index in [1.165, 1.54) is 13.2 Å². The Labute approximate surface area is 106 Å². The normalized spacial score (nSPS) is 11.4. The first-order valence-corrected chi connectivity index (χ1v) is 5.80. The fourth-order valence-electron chi connectivity index (χ4n) is 1.51. The second-order valence-corrected chi connectivity index (χ2v) is 4.09. The van der Waals surface area contributed by atoms with Crippen molar-refractivity contribution in [1.29, 1.82) is 0 Å². The summed E-state index contributed by atoms with van der Waals surface area (Å²) in [6.07, 6.45) is 3.22. The fraction of sp³-hybridized carbons (Fsp3) is 0.308. The van der Waals surface area contributed by atoms with E-state index in [1.807, 2.05) is 13.0 Å². The highest BCUT2D eigenvalue weighted by molar-refractivity contribution is 6.33. The lowest BCUT2D eigenvalue weighted by molar-refractivity contribution is -0.134. The molecule has 1 aromatic rings. The van der Waals surface area contributed by atoms with Gasteiger partial charge in [0.15, 0.2) is 0 Å². The topological polar surface area (TPSA) is 52.3 Å². The first-order chi connectivity index (χ1) is 8.08. The van der Waals surface area contributed by atoms with Crippen molar-refractivity contribution >= 4 is 28.8 Å². The van der Waals surface area contributed by atoms with Gasteiger partial charge in [0, 0.05) is 6.08 Å². The number of ether oxygens (including phenoxy) is 1. The van der Waals surface area contributed by atoms with E-state index in [-0.39, 0.29) is 5.97 Å². The highest BCUT2D eigenvalue weighted by atomic mass is 35.5. The summed E-state index contributed by atoms with van der Waals surface area (Å²) < 4.78 is 4.63.